The molecule has 20 heteroatoms. The predicted octanol–water partition coefficient (Wildman–Crippen LogP) is 6.20. The topological polar surface area (TPSA) is 213 Å². The van der Waals surface area contributed by atoms with E-state index in [1.165, 1.54) is 119 Å². The molecule has 48 heavy (non-hydrogen) atoms. The Morgan fingerprint density at radius 3 is 1.04 bits per heavy atom. The van der Waals surface area contributed by atoms with Gasteiger partial charge < -0.3 is 0 Å². The summed E-state index contributed by atoms with van der Waals surface area (Å²) < 4.78 is 55.4. The van der Waals surface area contributed by atoms with Gasteiger partial charge in [0.05, 0.1) is 0 Å². The van der Waals surface area contributed by atoms with E-state index in [0.29, 0.717) is 11.1 Å². The first-order valence-corrected chi connectivity index (χ1v) is 17.7. The minimum absolute atomic E-state index is 0.0788. The zero-order valence-electron chi connectivity index (χ0n) is 28.1. The van der Waals surface area contributed by atoms with Crippen molar-refractivity contribution in [2.24, 2.45) is 0 Å². The van der Waals surface area contributed by atoms with E-state index in [4.69, 9.17) is 45.2 Å². The number of benzene rings is 2. The Hall–Kier alpha value is -2.96. The average Bonchev–Trinajstić information content (AvgIpc) is 3.55. The summed E-state index contributed by atoms with van der Waals surface area (Å²) in [6.07, 6.45) is -1.85. The van der Waals surface area contributed by atoms with Crippen molar-refractivity contribution in [3.8, 4) is 0 Å². The molecule has 4 rings (SSSR count). The van der Waals surface area contributed by atoms with E-state index >= 15 is 0 Å². The third kappa shape index (κ3) is 6.64. The van der Waals surface area contributed by atoms with E-state index in [2.05, 4.69) is 0 Å². The van der Waals surface area contributed by atoms with Gasteiger partial charge in [0.25, 0.3) is 0 Å². The minimum atomic E-state index is -4.42. The van der Waals surface area contributed by atoms with Gasteiger partial charge in [-0.2, -0.15) is 0 Å². The predicted molar refractivity (Wildman–Crippen MR) is 170 cm³/mol. The van der Waals surface area contributed by atoms with Gasteiger partial charge in [-0.1, -0.05) is 0 Å². The summed E-state index contributed by atoms with van der Waals surface area (Å²) in [4.78, 5) is 45.1. The third-order valence-electron chi connectivity index (χ3n) is 8.23. The molecule has 2 fully saturated rings. The molecule has 2 aliphatic rings. The maximum atomic E-state index is 12.2. The van der Waals surface area contributed by atoms with E-state index < -0.39 is 48.7 Å². The van der Waals surface area contributed by atoms with Crippen LogP contribution in [-0.4, -0.2) is 75.3 Å². The number of nitro groups is 2. The van der Waals surface area contributed by atoms with E-state index in [0.717, 1.165) is 0 Å². The summed E-state index contributed by atoms with van der Waals surface area (Å²) in [6.45, 7) is 5.76. The van der Waals surface area contributed by atoms with Crippen molar-refractivity contribution in [2.45, 2.75) is 51.1 Å². The molecule has 0 bridgehead atoms. The zero-order valence-corrected chi connectivity index (χ0v) is 29.9. The maximum absolute atomic E-state index is 12.2. The molecule has 0 unspecified atom stereocenters. The van der Waals surface area contributed by atoms with Crippen molar-refractivity contribution in [1.29, 1.82) is 0 Å². The van der Waals surface area contributed by atoms with Crippen LogP contribution in [0.2, 0.25) is 0 Å². The van der Waals surface area contributed by atoms with Crippen LogP contribution in [0.15, 0.2) is 48.5 Å². The Labute approximate surface area is 276 Å². The number of Topliss-reactive ketones (excluding diaryl/α,β-unsaturated/α-hetero) is 2. The van der Waals surface area contributed by atoms with Crippen LogP contribution in [0.5, 0.6) is 0 Å². The molecule has 0 amide bonds. The van der Waals surface area contributed by atoms with Crippen LogP contribution in [-0.2, 0) is 54.8 Å². The second kappa shape index (κ2) is 13.7. The molecule has 0 aromatic heterocycles. The Morgan fingerprint density at radius 2 is 0.854 bits per heavy atom. The van der Waals surface area contributed by atoms with Crippen LogP contribution >= 0.6 is 15.5 Å². The zero-order chi connectivity index (χ0) is 36.4. The molecule has 2 aromatic rings. The fourth-order valence-corrected chi connectivity index (χ4v) is 10.00. The van der Waals surface area contributed by atoms with E-state index in [-0.39, 0.29) is 22.9 Å². The van der Waals surface area contributed by atoms with Gasteiger partial charge in [0.1, 0.15) is 0 Å². The van der Waals surface area contributed by atoms with Gasteiger partial charge in [0.2, 0.25) is 0 Å². The molecule has 2 heterocycles. The van der Waals surface area contributed by atoms with Crippen molar-refractivity contribution in [3.05, 3.63) is 79.9 Å². The number of hydrogen-bond donors (Lipinski definition) is 0. The fourth-order valence-electron chi connectivity index (χ4n) is 5.03. The summed E-state index contributed by atoms with van der Waals surface area (Å²) in [7, 11) is -1.08. The first-order chi connectivity index (χ1) is 22.3. The molecule has 0 saturated carbocycles. The normalized spacial score (nSPS) is 29.5. The van der Waals surface area contributed by atoms with Gasteiger partial charge in [-0.05, 0) is 0 Å². The molecule has 2 aliphatic heterocycles. The number of nitro benzene ring substituents is 2. The monoisotopic (exact) mass is 722 g/mol. The molecule has 0 N–H and O–H groups in total. The van der Waals surface area contributed by atoms with Crippen LogP contribution in [0.4, 0.5) is 11.4 Å². The van der Waals surface area contributed by atoms with Crippen LogP contribution in [0.3, 0.4) is 0 Å². The van der Waals surface area contributed by atoms with E-state index in [1.54, 1.807) is 0 Å². The van der Waals surface area contributed by atoms with Gasteiger partial charge in [0, 0.05) is 0 Å². The second-order valence-corrected chi connectivity index (χ2v) is 16.7. The SMILES string of the molecule is COP1(OC)(OC)O[C@@H](c2ccc([N+](=O)[O-])cc2)[C@@](C)(C(C)=O)O1.COP1(OC)(OC)O[C@@H](c2ccc([N+](=O)[O-])cc2)[C@@](C)(C(C)=O)O1. The molecular formula is C28H40N2O16P2. The number of rotatable bonds is 12. The second-order valence-electron chi connectivity index (χ2n) is 10.8. The number of ketones is 2. The molecule has 0 aliphatic carbocycles. The third-order valence-corrected chi connectivity index (χ3v) is 14.3. The van der Waals surface area contributed by atoms with Crippen molar-refractivity contribution >= 4 is 38.4 Å². The summed E-state index contributed by atoms with van der Waals surface area (Å²) in [5.74, 6) is -0.660. The summed E-state index contributed by atoms with van der Waals surface area (Å²) in [5, 5.41) is 21.6. The summed E-state index contributed by atoms with van der Waals surface area (Å²) >= 11 is 0. The Bertz CT molecular complexity index is 1410. The molecule has 0 spiro atoms. The van der Waals surface area contributed by atoms with Crippen LogP contribution in [0, 0.1) is 20.2 Å². The van der Waals surface area contributed by atoms with Crippen molar-refractivity contribution in [1.82, 2.24) is 0 Å². The van der Waals surface area contributed by atoms with E-state index in [9.17, 15) is 29.8 Å². The van der Waals surface area contributed by atoms with Gasteiger partial charge in [-0.3, -0.25) is 0 Å². The standard InChI is InChI=1S/2C14H20NO8P/c2*1-10(16)14(2)13(11-6-8-12(9-7-11)15(17)18)22-24(19-3,20-4,21-5)23-14/h2*6-9,13H,1-5H3/t2*13-,14+/m00/s1. The van der Waals surface area contributed by atoms with Crippen molar-refractivity contribution in [3.63, 3.8) is 0 Å². The number of carbonyl (C=O) groups is 2. The quantitative estimate of drug-likeness (QED) is 0.136. The first kappa shape index (κ1) is 39.5. The van der Waals surface area contributed by atoms with Crippen molar-refractivity contribution in [2.75, 3.05) is 42.7 Å². The van der Waals surface area contributed by atoms with Crippen molar-refractivity contribution < 1.29 is 64.7 Å². The first-order valence-electron chi connectivity index (χ1n) is 14.0. The Balaban J connectivity index is 0.000000260. The number of hydrogen-bond acceptors (Lipinski definition) is 16. The summed E-state index contributed by atoms with van der Waals surface area (Å²) in [6, 6.07) is 11.2. The molecule has 2 aromatic carbocycles. The number of carbonyl (C=O) groups excluding carboxylic acids is 2. The Kier molecular flexibility index (Phi) is 11.3. The van der Waals surface area contributed by atoms with Gasteiger partial charge in [0.15, 0.2) is 0 Å². The van der Waals surface area contributed by atoms with Crippen LogP contribution < -0.4 is 0 Å². The van der Waals surface area contributed by atoms with Gasteiger partial charge in [-0.15, -0.1) is 0 Å². The number of nitrogens with zero attached hydrogens (tertiary/aromatic N) is 2. The van der Waals surface area contributed by atoms with E-state index in [1.807, 2.05) is 0 Å². The molecule has 4 atom stereocenters. The molecule has 0 radical (unpaired) electrons. The molecule has 268 valence electrons. The Morgan fingerprint density at radius 1 is 0.604 bits per heavy atom. The fraction of sp³-hybridized carbons (Fsp3) is 0.500. The molecule has 18 nitrogen and oxygen atoms in total. The van der Waals surface area contributed by atoms with Gasteiger partial charge in [-0.25, -0.2) is 0 Å². The average molecular weight is 723 g/mol. The number of non-ortho nitro benzene ring substituents is 2. The van der Waals surface area contributed by atoms with Crippen LogP contribution in [0.1, 0.15) is 51.0 Å². The summed E-state index contributed by atoms with van der Waals surface area (Å²) in [5.41, 5.74) is -2.06. The molecule has 2 saturated heterocycles. The van der Waals surface area contributed by atoms with Gasteiger partial charge >= 0.3 is 277 Å². The molecular weight excluding hydrogens is 682 g/mol. The van der Waals surface area contributed by atoms with Crippen LogP contribution in [0.25, 0.3) is 0 Å².